The molecule has 0 rings (SSSR count). The summed E-state index contributed by atoms with van der Waals surface area (Å²) in [4.78, 5) is 23.7. The fourth-order valence-corrected chi connectivity index (χ4v) is 16.4. The third-order valence-corrected chi connectivity index (χ3v) is 15.3. The van der Waals surface area contributed by atoms with Crippen LogP contribution in [-0.4, -0.2) is 75.8 Å². The first kappa shape index (κ1) is 36.9. The van der Waals surface area contributed by atoms with Crippen molar-refractivity contribution in [3.8, 4) is 0 Å². The summed E-state index contributed by atoms with van der Waals surface area (Å²) in [6, 6.07) is 0. The van der Waals surface area contributed by atoms with Crippen LogP contribution in [0, 0.1) is 0 Å². The molecule has 0 N–H and O–H groups in total. The molecule has 0 unspecified atom stereocenters. The minimum atomic E-state index is -6.79. The second kappa shape index (κ2) is 11.8. The van der Waals surface area contributed by atoms with E-state index in [-0.39, 0.29) is 12.2 Å². The molecule has 0 amide bonds. The van der Waals surface area contributed by atoms with E-state index in [0.29, 0.717) is 0 Å². The van der Waals surface area contributed by atoms with Gasteiger partial charge in [-0.15, -0.1) is 0 Å². The third kappa shape index (κ3) is 11.2. The molecule has 0 aliphatic carbocycles. The van der Waals surface area contributed by atoms with E-state index in [1.807, 2.05) is 58.9 Å². The molecule has 0 bridgehead atoms. The fraction of sp³-hybridized carbons (Fsp3) is 0.789. The largest absolute Gasteiger partial charge is 0.509 e. The van der Waals surface area contributed by atoms with E-state index in [1.165, 1.54) is 0 Å². The van der Waals surface area contributed by atoms with E-state index >= 15 is 0 Å². The summed E-state index contributed by atoms with van der Waals surface area (Å²) in [5, 5.41) is 0. The zero-order valence-electron chi connectivity index (χ0n) is 22.7. The van der Waals surface area contributed by atoms with E-state index in [0.717, 1.165) is 0 Å². The van der Waals surface area contributed by atoms with Crippen molar-refractivity contribution in [1.29, 1.82) is 0 Å². The first-order valence-electron chi connectivity index (χ1n) is 11.1. The van der Waals surface area contributed by atoms with Crippen LogP contribution in [0.2, 0.25) is 58.9 Å². The molecular formula is C19H34F8O7Si4. The lowest BCUT2D eigenvalue weighted by atomic mass is 10.1. The number of hydrogen-bond acceptors (Lipinski definition) is 7. The molecule has 19 heteroatoms. The average Bonchev–Trinajstić information content (AvgIpc) is 2.58. The molecule has 0 spiro atoms. The van der Waals surface area contributed by atoms with Crippen LogP contribution >= 0.6 is 0 Å². The lowest BCUT2D eigenvalue weighted by Crippen LogP contribution is -2.63. The monoisotopic (exact) mass is 638 g/mol. The Morgan fingerprint density at radius 1 is 0.632 bits per heavy atom. The highest BCUT2D eigenvalue weighted by atomic mass is 28.5. The van der Waals surface area contributed by atoms with Crippen LogP contribution in [0.5, 0.6) is 0 Å². The lowest BCUT2D eigenvalue weighted by molar-refractivity contribution is -0.413. The van der Waals surface area contributed by atoms with Crippen molar-refractivity contribution in [3.05, 3.63) is 12.2 Å². The van der Waals surface area contributed by atoms with Gasteiger partial charge in [-0.1, -0.05) is 0 Å². The molecule has 0 fully saturated rings. The van der Waals surface area contributed by atoms with Gasteiger partial charge in [-0.25, -0.2) is 9.59 Å². The second-order valence-electron chi connectivity index (χ2n) is 11.2. The second-order valence-corrected chi connectivity index (χ2v) is 28.0. The van der Waals surface area contributed by atoms with Gasteiger partial charge in [0.15, 0.2) is 31.2 Å². The summed E-state index contributed by atoms with van der Waals surface area (Å²) in [6.07, 6.45) is -6.82. The molecule has 0 saturated carbocycles. The van der Waals surface area contributed by atoms with E-state index < -0.39 is 82.7 Å². The quantitative estimate of drug-likeness (QED) is 0.0973. The summed E-state index contributed by atoms with van der Waals surface area (Å²) in [7, 11) is -10.8. The highest BCUT2D eigenvalue weighted by Crippen LogP contribution is 2.52. The molecule has 0 aliphatic heterocycles. The standard InChI is InChI=1S/C19H34F8O7Si4/c1-16(20,21)17(22,23)18(24,25)19(26,27)31-15(29)12-11-14(28)30-13-38(32-35(2,3)4,33-36(5,6)7)34-37(8,9)10/h11-12H,13H2,1-10H3. The van der Waals surface area contributed by atoms with Crippen molar-refractivity contribution in [2.75, 3.05) is 6.23 Å². The Morgan fingerprint density at radius 3 is 1.29 bits per heavy atom. The minimum absolute atomic E-state index is 0.115. The Balaban J connectivity index is 5.75. The number of carbonyl (C=O) groups excluding carboxylic acids is 2. The molecule has 0 heterocycles. The first-order chi connectivity index (χ1) is 16.4. The number of carbonyl (C=O) groups is 2. The Morgan fingerprint density at radius 2 is 0.974 bits per heavy atom. The predicted octanol–water partition coefficient (Wildman–Crippen LogP) is 6.18. The molecular weight excluding hydrogens is 605 g/mol. The van der Waals surface area contributed by atoms with Crippen molar-refractivity contribution in [1.82, 2.24) is 0 Å². The van der Waals surface area contributed by atoms with Crippen molar-refractivity contribution in [3.63, 3.8) is 0 Å². The van der Waals surface area contributed by atoms with Gasteiger partial charge in [0.25, 0.3) is 0 Å². The van der Waals surface area contributed by atoms with Crippen LogP contribution in [0.1, 0.15) is 6.92 Å². The number of rotatable bonds is 14. The number of halogens is 8. The molecule has 0 aliphatic rings. The summed E-state index contributed by atoms with van der Waals surface area (Å²) >= 11 is 0. The van der Waals surface area contributed by atoms with Crippen molar-refractivity contribution < 1.29 is 66.5 Å². The van der Waals surface area contributed by atoms with E-state index in [1.54, 1.807) is 0 Å². The van der Waals surface area contributed by atoms with E-state index in [4.69, 9.17) is 17.1 Å². The smallest absolute Gasteiger partial charge is 0.458 e. The number of esters is 2. The molecule has 7 nitrogen and oxygen atoms in total. The highest BCUT2D eigenvalue weighted by Gasteiger charge is 2.81. The van der Waals surface area contributed by atoms with Crippen molar-refractivity contribution >= 4 is 45.7 Å². The van der Waals surface area contributed by atoms with E-state index in [9.17, 15) is 44.7 Å². The topological polar surface area (TPSA) is 80.3 Å². The maximum Gasteiger partial charge on any atom is 0.509 e. The fourth-order valence-electron chi connectivity index (χ4n) is 2.58. The maximum atomic E-state index is 13.6. The van der Waals surface area contributed by atoms with Crippen LogP contribution in [0.25, 0.3) is 0 Å². The van der Waals surface area contributed by atoms with Gasteiger partial charge in [-0.2, -0.15) is 35.1 Å². The molecule has 0 radical (unpaired) electrons. The average molecular weight is 639 g/mol. The van der Waals surface area contributed by atoms with Crippen molar-refractivity contribution in [2.24, 2.45) is 0 Å². The molecule has 224 valence electrons. The summed E-state index contributed by atoms with van der Waals surface area (Å²) in [6.45, 7) is 15.8. The van der Waals surface area contributed by atoms with Gasteiger partial charge in [-0.3, -0.25) is 0 Å². The van der Waals surface area contributed by atoms with Gasteiger partial charge >= 0.3 is 44.6 Å². The Hall–Kier alpha value is -1.13. The molecule has 0 atom stereocenters. The van der Waals surface area contributed by atoms with Gasteiger partial charge < -0.3 is 21.8 Å². The lowest BCUT2D eigenvalue weighted by Gasteiger charge is -2.42. The number of alkyl halides is 8. The van der Waals surface area contributed by atoms with Crippen LogP contribution in [-0.2, 0) is 31.4 Å². The van der Waals surface area contributed by atoms with Gasteiger partial charge in [0.1, 0.15) is 0 Å². The Bertz CT molecular complexity index is 835. The van der Waals surface area contributed by atoms with Crippen molar-refractivity contribution in [2.45, 2.75) is 89.7 Å². The van der Waals surface area contributed by atoms with Crippen LogP contribution in [0.4, 0.5) is 35.1 Å². The molecule has 38 heavy (non-hydrogen) atoms. The molecule has 0 aromatic heterocycles. The zero-order chi connectivity index (χ0) is 30.8. The highest BCUT2D eigenvalue weighted by molar-refractivity contribution is 6.90. The van der Waals surface area contributed by atoms with Gasteiger partial charge in [-0.05, 0) is 58.9 Å². The van der Waals surface area contributed by atoms with Crippen LogP contribution in [0.3, 0.4) is 0 Å². The normalized spacial score (nSPS) is 15.1. The van der Waals surface area contributed by atoms with Gasteiger partial charge in [0, 0.05) is 19.1 Å². The first-order valence-corrected chi connectivity index (χ1v) is 23.2. The molecule has 0 aromatic rings. The minimum Gasteiger partial charge on any atom is -0.458 e. The van der Waals surface area contributed by atoms with Gasteiger partial charge in [0.05, 0.1) is 0 Å². The number of hydrogen-bond donors (Lipinski definition) is 0. The molecule has 0 saturated heterocycles. The predicted molar refractivity (Wildman–Crippen MR) is 131 cm³/mol. The van der Waals surface area contributed by atoms with Crippen LogP contribution < -0.4 is 0 Å². The summed E-state index contributed by atoms with van der Waals surface area (Å²) in [5.74, 6) is -22.7. The van der Waals surface area contributed by atoms with Crippen LogP contribution in [0.15, 0.2) is 12.2 Å². The summed E-state index contributed by atoms with van der Waals surface area (Å²) < 4.78 is 133. The maximum absolute atomic E-state index is 13.6. The van der Waals surface area contributed by atoms with Gasteiger partial charge in [0.2, 0.25) is 0 Å². The molecule has 0 aromatic carbocycles. The number of ether oxygens (including phenoxy) is 2. The zero-order valence-corrected chi connectivity index (χ0v) is 26.7. The summed E-state index contributed by atoms with van der Waals surface area (Å²) in [5.41, 5.74) is 0. The Kier molecular flexibility index (Phi) is 11.4. The van der Waals surface area contributed by atoms with E-state index in [2.05, 4.69) is 4.74 Å². The SMILES string of the molecule is CC(F)(F)C(F)(F)C(F)(F)C(F)(F)OC(=O)C=CC(=O)OC[Si](O[Si](C)(C)C)(O[Si](C)(C)C)O[Si](C)(C)C. The Labute approximate surface area is 220 Å². The third-order valence-electron chi connectivity index (χ3n) is 3.67.